The zero-order valence-corrected chi connectivity index (χ0v) is 16.6. The lowest BCUT2D eigenvalue weighted by Crippen LogP contribution is -2.31. The van der Waals surface area contributed by atoms with E-state index in [-0.39, 0.29) is 24.1 Å². The molecule has 0 aromatic heterocycles. The van der Waals surface area contributed by atoms with Gasteiger partial charge in [-0.2, -0.15) is 0 Å². The van der Waals surface area contributed by atoms with Gasteiger partial charge in [0.2, 0.25) is 11.8 Å². The van der Waals surface area contributed by atoms with Crippen LogP contribution in [0.3, 0.4) is 0 Å². The Morgan fingerprint density at radius 2 is 1.27 bits per heavy atom. The number of rotatable bonds is 7. The molecule has 0 aliphatic heterocycles. The molecule has 0 fully saturated rings. The smallest absolute Gasteiger partial charge is 0.251 e. The van der Waals surface area contributed by atoms with Gasteiger partial charge in [0.25, 0.3) is 5.91 Å². The summed E-state index contributed by atoms with van der Waals surface area (Å²) >= 11 is 0. The second kappa shape index (κ2) is 10.0. The maximum absolute atomic E-state index is 12.6. The quantitative estimate of drug-likeness (QED) is 0.556. The number of amides is 3. The molecule has 6 heteroatoms. The van der Waals surface area contributed by atoms with Crippen LogP contribution in [0.25, 0.3) is 0 Å². The summed E-state index contributed by atoms with van der Waals surface area (Å²) in [6.45, 7) is 1.43. The van der Waals surface area contributed by atoms with E-state index in [1.54, 1.807) is 48.5 Å². The predicted octanol–water partition coefficient (Wildman–Crippen LogP) is 4.14. The van der Waals surface area contributed by atoms with Crippen LogP contribution < -0.4 is 16.0 Å². The van der Waals surface area contributed by atoms with Crippen molar-refractivity contribution >= 4 is 29.1 Å². The van der Waals surface area contributed by atoms with Gasteiger partial charge in [-0.3, -0.25) is 14.4 Å². The zero-order chi connectivity index (χ0) is 21.3. The van der Waals surface area contributed by atoms with E-state index in [4.69, 9.17) is 0 Å². The third-order valence-corrected chi connectivity index (χ3v) is 4.42. The van der Waals surface area contributed by atoms with E-state index in [1.807, 2.05) is 36.4 Å². The minimum Gasteiger partial charge on any atom is -0.345 e. The van der Waals surface area contributed by atoms with E-state index in [0.29, 0.717) is 16.9 Å². The normalized spacial score (nSPS) is 11.2. The Morgan fingerprint density at radius 3 is 1.83 bits per heavy atom. The molecule has 0 aliphatic carbocycles. The summed E-state index contributed by atoms with van der Waals surface area (Å²) in [7, 11) is 0. The maximum atomic E-state index is 12.6. The summed E-state index contributed by atoms with van der Waals surface area (Å²) in [6, 6.07) is 24.7. The molecule has 3 aromatic rings. The zero-order valence-electron chi connectivity index (χ0n) is 16.6. The first-order valence-electron chi connectivity index (χ1n) is 9.59. The lowest BCUT2D eigenvalue weighted by atomic mass is 10.0. The van der Waals surface area contributed by atoms with Gasteiger partial charge >= 0.3 is 0 Å². The molecule has 152 valence electrons. The van der Waals surface area contributed by atoms with Crippen LogP contribution in [0.1, 0.15) is 35.3 Å². The molecule has 1 atom stereocenters. The van der Waals surface area contributed by atoms with Gasteiger partial charge in [0.15, 0.2) is 0 Å². The summed E-state index contributed by atoms with van der Waals surface area (Å²) in [5.41, 5.74) is 2.64. The Balaban J connectivity index is 1.69. The Bertz CT molecular complexity index is 1000. The molecular formula is C24H23N3O3. The number of hydrogen-bond acceptors (Lipinski definition) is 3. The van der Waals surface area contributed by atoms with Gasteiger partial charge in [-0.1, -0.05) is 48.5 Å². The number of hydrogen-bond donors (Lipinski definition) is 3. The fourth-order valence-electron chi connectivity index (χ4n) is 3.01. The van der Waals surface area contributed by atoms with Crippen molar-refractivity contribution in [2.24, 2.45) is 0 Å². The molecule has 0 saturated heterocycles. The Hall–Kier alpha value is -3.93. The number of nitrogens with one attached hydrogen (secondary N) is 3. The maximum Gasteiger partial charge on any atom is 0.251 e. The molecule has 3 rings (SSSR count). The molecule has 0 spiro atoms. The van der Waals surface area contributed by atoms with Crippen LogP contribution >= 0.6 is 0 Å². The number of carbonyl (C=O) groups excluding carboxylic acids is 3. The van der Waals surface area contributed by atoms with Gasteiger partial charge in [0, 0.05) is 23.9 Å². The fraction of sp³-hybridized carbons (Fsp3) is 0.125. The van der Waals surface area contributed by atoms with E-state index >= 15 is 0 Å². The highest BCUT2D eigenvalue weighted by molar-refractivity contribution is 5.96. The van der Waals surface area contributed by atoms with Crippen molar-refractivity contribution in [3.8, 4) is 0 Å². The molecule has 30 heavy (non-hydrogen) atoms. The van der Waals surface area contributed by atoms with E-state index in [0.717, 1.165) is 5.56 Å². The molecule has 3 aromatic carbocycles. The predicted molar refractivity (Wildman–Crippen MR) is 117 cm³/mol. The second-order valence-corrected chi connectivity index (χ2v) is 6.81. The van der Waals surface area contributed by atoms with Crippen molar-refractivity contribution in [2.75, 3.05) is 10.6 Å². The summed E-state index contributed by atoms with van der Waals surface area (Å²) in [4.78, 5) is 36.4. The van der Waals surface area contributed by atoms with Crippen LogP contribution in [0.4, 0.5) is 11.4 Å². The van der Waals surface area contributed by atoms with Gasteiger partial charge in [-0.25, -0.2) is 0 Å². The van der Waals surface area contributed by atoms with Crippen LogP contribution in [0.5, 0.6) is 0 Å². The molecule has 3 amide bonds. The molecule has 3 N–H and O–H groups in total. The third kappa shape index (κ3) is 6.04. The molecule has 0 unspecified atom stereocenters. The average molecular weight is 401 g/mol. The van der Waals surface area contributed by atoms with Gasteiger partial charge in [0.05, 0.1) is 12.5 Å². The molecule has 0 bridgehead atoms. The Labute approximate surface area is 175 Å². The SMILES string of the molecule is CC(=O)Nc1ccc(NC(=O)C[C@@H](NC(=O)c2ccccc2)c2ccccc2)cc1. The van der Waals surface area contributed by atoms with Crippen molar-refractivity contribution in [3.63, 3.8) is 0 Å². The molecule has 0 heterocycles. The highest BCUT2D eigenvalue weighted by atomic mass is 16.2. The van der Waals surface area contributed by atoms with Crippen molar-refractivity contribution in [1.29, 1.82) is 0 Å². The monoisotopic (exact) mass is 401 g/mol. The van der Waals surface area contributed by atoms with Crippen LogP contribution in [0.15, 0.2) is 84.9 Å². The van der Waals surface area contributed by atoms with Crippen molar-refractivity contribution < 1.29 is 14.4 Å². The summed E-state index contributed by atoms with van der Waals surface area (Å²) in [6.07, 6.45) is 0.0794. The lowest BCUT2D eigenvalue weighted by Gasteiger charge is -2.19. The minimum absolute atomic E-state index is 0.0794. The highest BCUT2D eigenvalue weighted by Crippen LogP contribution is 2.20. The molecular weight excluding hydrogens is 378 g/mol. The first-order chi connectivity index (χ1) is 14.5. The van der Waals surface area contributed by atoms with E-state index < -0.39 is 6.04 Å². The second-order valence-electron chi connectivity index (χ2n) is 6.81. The average Bonchev–Trinajstić information content (AvgIpc) is 2.75. The number of anilines is 2. The van der Waals surface area contributed by atoms with Gasteiger partial charge < -0.3 is 16.0 Å². The Kier molecular flexibility index (Phi) is 6.95. The van der Waals surface area contributed by atoms with Gasteiger partial charge in [-0.05, 0) is 42.0 Å². The van der Waals surface area contributed by atoms with Crippen LogP contribution in [-0.4, -0.2) is 17.7 Å². The first-order valence-corrected chi connectivity index (χ1v) is 9.59. The fourth-order valence-corrected chi connectivity index (χ4v) is 3.01. The van der Waals surface area contributed by atoms with E-state index in [2.05, 4.69) is 16.0 Å². The van der Waals surface area contributed by atoms with Crippen molar-refractivity contribution in [2.45, 2.75) is 19.4 Å². The van der Waals surface area contributed by atoms with E-state index in [1.165, 1.54) is 6.92 Å². The topological polar surface area (TPSA) is 87.3 Å². The molecule has 0 saturated carbocycles. The Morgan fingerprint density at radius 1 is 0.733 bits per heavy atom. The minimum atomic E-state index is -0.474. The van der Waals surface area contributed by atoms with Crippen molar-refractivity contribution in [1.82, 2.24) is 5.32 Å². The number of carbonyl (C=O) groups is 3. The first kappa shape index (κ1) is 20.8. The van der Waals surface area contributed by atoms with Gasteiger partial charge in [0.1, 0.15) is 0 Å². The summed E-state index contributed by atoms with van der Waals surface area (Å²) in [5.74, 6) is -0.631. The lowest BCUT2D eigenvalue weighted by molar-refractivity contribution is -0.116. The van der Waals surface area contributed by atoms with Crippen LogP contribution in [0.2, 0.25) is 0 Å². The largest absolute Gasteiger partial charge is 0.345 e. The summed E-state index contributed by atoms with van der Waals surface area (Å²) in [5, 5.41) is 8.46. The van der Waals surface area contributed by atoms with Crippen LogP contribution in [0, 0.1) is 0 Å². The third-order valence-electron chi connectivity index (χ3n) is 4.42. The molecule has 6 nitrogen and oxygen atoms in total. The molecule has 0 aliphatic rings. The number of benzene rings is 3. The van der Waals surface area contributed by atoms with Crippen LogP contribution in [-0.2, 0) is 9.59 Å². The van der Waals surface area contributed by atoms with Crippen molar-refractivity contribution in [3.05, 3.63) is 96.1 Å². The molecule has 0 radical (unpaired) electrons. The van der Waals surface area contributed by atoms with E-state index in [9.17, 15) is 14.4 Å². The highest BCUT2D eigenvalue weighted by Gasteiger charge is 2.19. The summed E-state index contributed by atoms with van der Waals surface area (Å²) < 4.78 is 0. The van der Waals surface area contributed by atoms with Gasteiger partial charge in [-0.15, -0.1) is 0 Å². The standard InChI is InChI=1S/C24H23N3O3/c1-17(28)25-20-12-14-21(15-13-20)26-23(29)16-22(18-8-4-2-5-9-18)27-24(30)19-10-6-3-7-11-19/h2-15,22H,16H2,1H3,(H,25,28)(H,26,29)(H,27,30)/t22-/m1/s1.